The number of anilines is 1. The zero-order valence-corrected chi connectivity index (χ0v) is 13.2. The molecular weight excluding hydrogens is 232 g/mol. The van der Waals surface area contributed by atoms with E-state index in [4.69, 9.17) is 0 Å². The topological polar surface area (TPSA) is 15.3 Å². The van der Waals surface area contributed by atoms with Crippen LogP contribution < -0.4 is 10.2 Å². The van der Waals surface area contributed by atoms with Gasteiger partial charge in [0.2, 0.25) is 0 Å². The third-order valence-corrected chi connectivity index (χ3v) is 3.58. The molecule has 1 unspecified atom stereocenters. The highest BCUT2D eigenvalue weighted by molar-refractivity contribution is 5.47. The maximum atomic E-state index is 3.52. The molecule has 0 fully saturated rings. The molecule has 0 heterocycles. The first-order chi connectivity index (χ1) is 9.04. The molecule has 1 atom stereocenters. The van der Waals surface area contributed by atoms with Gasteiger partial charge in [-0.25, -0.2) is 0 Å². The monoisotopic (exact) mass is 262 g/mol. The van der Waals surface area contributed by atoms with Crippen molar-refractivity contribution < 1.29 is 0 Å². The Labute approximate surface area is 119 Å². The van der Waals surface area contributed by atoms with Crippen LogP contribution in [-0.4, -0.2) is 20.1 Å². The fourth-order valence-electron chi connectivity index (χ4n) is 2.08. The van der Waals surface area contributed by atoms with Gasteiger partial charge in [-0.05, 0) is 49.9 Å². The summed E-state index contributed by atoms with van der Waals surface area (Å²) in [5.41, 5.74) is 2.68. The van der Waals surface area contributed by atoms with Gasteiger partial charge in [-0.1, -0.05) is 32.9 Å². The van der Waals surface area contributed by atoms with E-state index in [1.165, 1.54) is 24.1 Å². The fourth-order valence-corrected chi connectivity index (χ4v) is 2.08. The maximum Gasteiger partial charge on any atom is 0.0363 e. The van der Waals surface area contributed by atoms with Gasteiger partial charge in [0.15, 0.2) is 0 Å². The van der Waals surface area contributed by atoms with Crippen LogP contribution >= 0.6 is 0 Å². The molecule has 0 aliphatic carbocycles. The molecular formula is C17H30N2. The van der Waals surface area contributed by atoms with E-state index in [-0.39, 0.29) is 0 Å². The lowest BCUT2D eigenvalue weighted by Gasteiger charge is -2.21. The molecule has 1 aromatic carbocycles. The first-order valence-corrected chi connectivity index (χ1v) is 7.59. The Kier molecular flexibility index (Phi) is 6.93. The minimum atomic E-state index is 0.440. The lowest BCUT2D eigenvalue weighted by molar-refractivity contribution is 0.570. The van der Waals surface area contributed by atoms with Crippen molar-refractivity contribution in [1.82, 2.24) is 5.32 Å². The van der Waals surface area contributed by atoms with E-state index in [9.17, 15) is 0 Å². The minimum Gasteiger partial charge on any atom is -0.375 e. The van der Waals surface area contributed by atoms with Crippen LogP contribution in [0, 0.1) is 5.92 Å². The lowest BCUT2D eigenvalue weighted by Crippen LogP contribution is -2.21. The number of nitrogens with one attached hydrogen (secondary N) is 1. The summed E-state index contributed by atoms with van der Waals surface area (Å²) in [5.74, 6) is 0.764. The molecule has 19 heavy (non-hydrogen) atoms. The zero-order chi connectivity index (χ0) is 14.3. The van der Waals surface area contributed by atoms with Crippen molar-refractivity contribution in [1.29, 1.82) is 0 Å². The van der Waals surface area contributed by atoms with Gasteiger partial charge in [-0.3, -0.25) is 0 Å². The highest BCUT2D eigenvalue weighted by Gasteiger charge is 2.06. The second kappa shape index (κ2) is 8.21. The normalized spacial score (nSPS) is 12.7. The molecule has 1 rings (SSSR count). The molecule has 1 N–H and O–H groups in total. The van der Waals surface area contributed by atoms with E-state index in [1.807, 2.05) is 0 Å². The van der Waals surface area contributed by atoms with E-state index in [0.29, 0.717) is 6.04 Å². The van der Waals surface area contributed by atoms with Crippen molar-refractivity contribution in [3.8, 4) is 0 Å². The summed E-state index contributed by atoms with van der Waals surface area (Å²) in [6.07, 6.45) is 2.42. The van der Waals surface area contributed by atoms with Gasteiger partial charge in [0.05, 0.1) is 0 Å². The Morgan fingerprint density at radius 3 is 2.26 bits per heavy atom. The third kappa shape index (κ3) is 5.65. The fraction of sp³-hybridized carbons (Fsp3) is 0.647. The number of rotatable bonds is 8. The third-order valence-electron chi connectivity index (χ3n) is 3.58. The van der Waals surface area contributed by atoms with Crippen molar-refractivity contribution in [2.24, 2.45) is 5.92 Å². The molecule has 0 amide bonds. The summed E-state index contributed by atoms with van der Waals surface area (Å²) in [6.45, 7) is 11.2. The maximum absolute atomic E-state index is 3.52. The van der Waals surface area contributed by atoms with Crippen LogP contribution in [0.25, 0.3) is 0 Å². The molecule has 0 bridgehead atoms. The van der Waals surface area contributed by atoms with Crippen molar-refractivity contribution in [2.45, 2.75) is 46.6 Å². The molecule has 0 saturated heterocycles. The van der Waals surface area contributed by atoms with Crippen LogP contribution in [0.2, 0.25) is 0 Å². The predicted molar refractivity (Wildman–Crippen MR) is 85.9 cm³/mol. The number of nitrogens with zero attached hydrogens (tertiary/aromatic N) is 1. The lowest BCUT2D eigenvalue weighted by atomic mass is 10.1. The highest BCUT2D eigenvalue weighted by Crippen LogP contribution is 2.19. The summed E-state index contributed by atoms with van der Waals surface area (Å²) in [7, 11) is 2.18. The highest BCUT2D eigenvalue weighted by atomic mass is 15.1. The standard InChI is InChI=1S/C17H30N2/c1-6-12-18-15(4)16-7-9-17(10-8-16)19(5)13-11-14(2)3/h7-10,14-15,18H,6,11-13H2,1-5H3. The molecule has 0 aliphatic rings. The molecule has 2 heteroatoms. The van der Waals surface area contributed by atoms with Crippen LogP contribution in [0.5, 0.6) is 0 Å². The predicted octanol–water partition coefficient (Wildman–Crippen LogP) is 4.23. The molecule has 0 saturated carbocycles. The second-order valence-electron chi connectivity index (χ2n) is 5.87. The summed E-state index contributed by atoms with van der Waals surface area (Å²) >= 11 is 0. The van der Waals surface area contributed by atoms with E-state index >= 15 is 0 Å². The second-order valence-corrected chi connectivity index (χ2v) is 5.87. The molecule has 0 radical (unpaired) electrons. The van der Waals surface area contributed by atoms with Crippen molar-refractivity contribution >= 4 is 5.69 Å². The number of hydrogen-bond donors (Lipinski definition) is 1. The number of hydrogen-bond acceptors (Lipinski definition) is 2. The Morgan fingerprint density at radius 1 is 1.11 bits per heavy atom. The van der Waals surface area contributed by atoms with Gasteiger partial charge in [0, 0.05) is 25.3 Å². The Balaban J connectivity index is 2.55. The quantitative estimate of drug-likeness (QED) is 0.754. The summed E-state index contributed by atoms with van der Waals surface area (Å²) in [4.78, 5) is 2.34. The van der Waals surface area contributed by atoms with Crippen LogP contribution in [0.15, 0.2) is 24.3 Å². The molecule has 0 aliphatic heterocycles. The van der Waals surface area contributed by atoms with Gasteiger partial charge < -0.3 is 10.2 Å². The number of benzene rings is 1. The minimum absolute atomic E-state index is 0.440. The van der Waals surface area contributed by atoms with Crippen LogP contribution in [0.4, 0.5) is 5.69 Å². The Hall–Kier alpha value is -1.02. The van der Waals surface area contributed by atoms with E-state index < -0.39 is 0 Å². The SMILES string of the molecule is CCCNC(C)c1ccc(N(C)CCC(C)C)cc1. The molecule has 108 valence electrons. The summed E-state index contributed by atoms with van der Waals surface area (Å²) in [6, 6.07) is 9.40. The molecule has 1 aromatic rings. The van der Waals surface area contributed by atoms with E-state index in [1.54, 1.807) is 0 Å². The smallest absolute Gasteiger partial charge is 0.0363 e. The average Bonchev–Trinajstić information content (AvgIpc) is 2.42. The molecule has 0 aromatic heterocycles. The van der Waals surface area contributed by atoms with Crippen LogP contribution in [0.1, 0.15) is 52.1 Å². The zero-order valence-electron chi connectivity index (χ0n) is 13.2. The van der Waals surface area contributed by atoms with E-state index in [2.05, 4.69) is 69.2 Å². The van der Waals surface area contributed by atoms with Gasteiger partial charge in [-0.15, -0.1) is 0 Å². The largest absolute Gasteiger partial charge is 0.375 e. The van der Waals surface area contributed by atoms with Gasteiger partial charge in [0.25, 0.3) is 0 Å². The van der Waals surface area contributed by atoms with Crippen LogP contribution in [0.3, 0.4) is 0 Å². The first kappa shape index (κ1) is 16.0. The summed E-state index contributed by atoms with van der Waals surface area (Å²) in [5, 5.41) is 3.52. The first-order valence-electron chi connectivity index (χ1n) is 7.59. The van der Waals surface area contributed by atoms with Gasteiger partial charge in [-0.2, -0.15) is 0 Å². The van der Waals surface area contributed by atoms with Crippen molar-refractivity contribution in [3.63, 3.8) is 0 Å². The average molecular weight is 262 g/mol. The van der Waals surface area contributed by atoms with Crippen molar-refractivity contribution in [2.75, 3.05) is 25.0 Å². The van der Waals surface area contributed by atoms with E-state index in [0.717, 1.165) is 19.0 Å². The molecule has 0 spiro atoms. The molecule has 2 nitrogen and oxygen atoms in total. The van der Waals surface area contributed by atoms with Crippen LogP contribution in [-0.2, 0) is 0 Å². The van der Waals surface area contributed by atoms with Gasteiger partial charge >= 0.3 is 0 Å². The Bertz CT molecular complexity index is 343. The summed E-state index contributed by atoms with van der Waals surface area (Å²) < 4.78 is 0. The Morgan fingerprint density at radius 2 is 1.74 bits per heavy atom. The van der Waals surface area contributed by atoms with Gasteiger partial charge in [0.1, 0.15) is 0 Å². The van der Waals surface area contributed by atoms with Crippen molar-refractivity contribution in [3.05, 3.63) is 29.8 Å².